The highest BCUT2D eigenvalue weighted by molar-refractivity contribution is 8.00. The lowest BCUT2D eigenvalue weighted by molar-refractivity contribution is -0.118. The second-order valence-corrected chi connectivity index (χ2v) is 5.04. The van der Waals surface area contributed by atoms with Crippen molar-refractivity contribution in [1.29, 1.82) is 5.26 Å². The molecule has 17 heavy (non-hydrogen) atoms. The summed E-state index contributed by atoms with van der Waals surface area (Å²) in [6, 6.07) is 7.62. The van der Waals surface area contributed by atoms with Crippen LogP contribution < -0.4 is 11.1 Å². The first-order valence-electron chi connectivity index (χ1n) is 5.41. The number of nitrogens with one attached hydrogen (secondary N) is 1. The number of carbonyl (C=O) groups is 1. The van der Waals surface area contributed by atoms with Gasteiger partial charge in [-0.05, 0) is 31.0 Å². The largest absolute Gasteiger partial charge is 0.398 e. The van der Waals surface area contributed by atoms with Crippen LogP contribution in [0.3, 0.4) is 0 Å². The van der Waals surface area contributed by atoms with Crippen molar-refractivity contribution in [3.8, 4) is 6.07 Å². The fourth-order valence-corrected chi connectivity index (χ4v) is 2.13. The third-order valence-electron chi connectivity index (χ3n) is 2.46. The Hall–Kier alpha value is -1.67. The van der Waals surface area contributed by atoms with E-state index < -0.39 is 0 Å². The minimum atomic E-state index is 0.0560. The molecule has 4 nitrogen and oxygen atoms in total. The summed E-state index contributed by atoms with van der Waals surface area (Å²) in [7, 11) is 0. The minimum Gasteiger partial charge on any atom is -0.398 e. The third kappa shape index (κ3) is 3.40. The van der Waals surface area contributed by atoms with Gasteiger partial charge in [-0.3, -0.25) is 4.79 Å². The SMILES string of the molecule is N#Cc1ccc(SCC(=O)NC2CC2)cc1N. The molecule has 2 rings (SSSR count). The highest BCUT2D eigenvalue weighted by atomic mass is 32.2. The van der Waals surface area contributed by atoms with Crippen molar-refractivity contribution in [2.75, 3.05) is 11.5 Å². The Bertz CT molecular complexity index is 477. The van der Waals surface area contributed by atoms with E-state index in [1.807, 2.05) is 12.1 Å². The molecule has 1 saturated carbocycles. The van der Waals surface area contributed by atoms with Gasteiger partial charge in [-0.2, -0.15) is 5.26 Å². The fraction of sp³-hybridized carbons (Fsp3) is 0.333. The highest BCUT2D eigenvalue weighted by Crippen LogP contribution is 2.23. The van der Waals surface area contributed by atoms with Crippen molar-refractivity contribution >= 4 is 23.4 Å². The summed E-state index contributed by atoms with van der Waals surface area (Å²) in [5.41, 5.74) is 6.62. The van der Waals surface area contributed by atoms with Crippen LogP contribution in [-0.4, -0.2) is 17.7 Å². The van der Waals surface area contributed by atoms with Crippen molar-refractivity contribution in [1.82, 2.24) is 5.32 Å². The number of amides is 1. The van der Waals surface area contributed by atoms with E-state index in [1.165, 1.54) is 11.8 Å². The summed E-state index contributed by atoms with van der Waals surface area (Å²) in [6.45, 7) is 0. The molecule has 0 radical (unpaired) electrons. The van der Waals surface area contributed by atoms with Gasteiger partial charge in [0.2, 0.25) is 5.91 Å². The number of hydrogen-bond donors (Lipinski definition) is 2. The van der Waals surface area contributed by atoms with Crippen LogP contribution in [0.4, 0.5) is 5.69 Å². The van der Waals surface area contributed by atoms with Gasteiger partial charge in [-0.15, -0.1) is 11.8 Å². The molecule has 0 atom stereocenters. The van der Waals surface area contributed by atoms with E-state index in [4.69, 9.17) is 11.0 Å². The van der Waals surface area contributed by atoms with Crippen LogP contribution in [0.5, 0.6) is 0 Å². The van der Waals surface area contributed by atoms with Crippen LogP contribution in [0.25, 0.3) is 0 Å². The van der Waals surface area contributed by atoms with Gasteiger partial charge in [0, 0.05) is 10.9 Å². The Balaban J connectivity index is 1.88. The predicted molar refractivity (Wildman–Crippen MR) is 67.5 cm³/mol. The smallest absolute Gasteiger partial charge is 0.230 e. The van der Waals surface area contributed by atoms with E-state index in [-0.39, 0.29) is 5.91 Å². The van der Waals surface area contributed by atoms with Crippen molar-refractivity contribution in [2.24, 2.45) is 0 Å². The number of nitriles is 1. The third-order valence-corrected chi connectivity index (χ3v) is 3.45. The maximum absolute atomic E-state index is 11.5. The first kappa shape index (κ1) is 11.8. The van der Waals surface area contributed by atoms with Crippen molar-refractivity contribution in [3.63, 3.8) is 0 Å². The normalized spacial score (nSPS) is 14.1. The van der Waals surface area contributed by atoms with Gasteiger partial charge in [-0.25, -0.2) is 0 Å². The van der Waals surface area contributed by atoms with Gasteiger partial charge >= 0.3 is 0 Å². The van der Waals surface area contributed by atoms with Crippen molar-refractivity contribution < 1.29 is 4.79 Å². The zero-order valence-electron chi connectivity index (χ0n) is 9.27. The quantitative estimate of drug-likeness (QED) is 0.624. The Morgan fingerprint density at radius 2 is 2.35 bits per heavy atom. The molecule has 0 heterocycles. The van der Waals surface area contributed by atoms with Gasteiger partial charge in [0.25, 0.3) is 0 Å². The van der Waals surface area contributed by atoms with E-state index >= 15 is 0 Å². The Kier molecular flexibility index (Phi) is 3.55. The van der Waals surface area contributed by atoms with E-state index in [0.29, 0.717) is 23.0 Å². The maximum atomic E-state index is 11.5. The molecule has 1 aliphatic carbocycles. The van der Waals surface area contributed by atoms with E-state index in [0.717, 1.165) is 17.7 Å². The lowest BCUT2D eigenvalue weighted by Crippen LogP contribution is -2.26. The molecule has 1 aromatic carbocycles. The lowest BCUT2D eigenvalue weighted by atomic mass is 10.2. The molecule has 1 amide bonds. The molecule has 1 fully saturated rings. The number of nitrogen functional groups attached to an aromatic ring is 1. The molecular weight excluding hydrogens is 234 g/mol. The van der Waals surface area contributed by atoms with Crippen molar-refractivity contribution in [2.45, 2.75) is 23.8 Å². The van der Waals surface area contributed by atoms with Crippen molar-refractivity contribution in [3.05, 3.63) is 23.8 Å². The second-order valence-electron chi connectivity index (χ2n) is 3.99. The number of carbonyl (C=O) groups excluding carboxylic acids is 1. The molecule has 1 aromatic rings. The summed E-state index contributed by atoms with van der Waals surface area (Å²) in [5.74, 6) is 0.447. The molecule has 5 heteroatoms. The van der Waals surface area contributed by atoms with E-state index in [2.05, 4.69) is 5.32 Å². The molecular formula is C12H13N3OS. The van der Waals surface area contributed by atoms with Crippen LogP contribution in [0.1, 0.15) is 18.4 Å². The average molecular weight is 247 g/mol. The number of nitrogens with zero attached hydrogens (tertiary/aromatic N) is 1. The standard InChI is InChI=1S/C12H13N3OS/c13-6-8-1-4-10(5-11(8)14)17-7-12(16)15-9-2-3-9/h1,4-5,9H,2-3,7,14H2,(H,15,16). The molecule has 0 aliphatic heterocycles. The second kappa shape index (κ2) is 5.11. The maximum Gasteiger partial charge on any atom is 0.230 e. The number of anilines is 1. The Labute approximate surface area is 104 Å². The molecule has 0 spiro atoms. The van der Waals surface area contributed by atoms with Crippen LogP contribution in [0, 0.1) is 11.3 Å². The first-order valence-corrected chi connectivity index (χ1v) is 6.39. The monoisotopic (exact) mass is 247 g/mol. The molecule has 3 N–H and O–H groups in total. The topological polar surface area (TPSA) is 78.9 Å². The number of nitrogens with two attached hydrogens (primary N) is 1. The molecule has 0 bridgehead atoms. The van der Waals surface area contributed by atoms with Gasteiger partial charge in [0.15, 0.2) is 0 Å². The number of rotatable bonds is 4. The Morgan fingerprint density at radius 3 is 2.94 bits per heavy atom. The highest BCUT2D eigenvalue weighted by Gasteiger charge is 2.22. The minimum absolute atomic E-state index is 0.0560. The molecule has 1 aliphatic rings. The van der Waals surface area contributed by atoms with Crippen LogP contribution in [0.15, 0.2) is 23.1 Å². The van der Waals surface area contributed by atoms with Gasteiger partial charge < -0.3 is 11.1 Å². The molecule has 88 valence electrons. The number of thioether (sulfide) groups is 1. The van der Waals surface area contributed by atoms with Crippen LogP contribution >= 0.6 is 11.8 Å². The molecule has 0 saturated heterocycles. The number of benzene rings is 1. The zero-order valence-corrected chi connectivity index (χ0v) is 10.1. The van der Waals surface area contributed by atoms with Gasteiger partial charge in [0.1, 0.15) is 6.07 Å². The number of hydrogen-bond acceptors (Lipinski definition) is 4. The fourth-order valence-electron chi connectivity index (χ4n) is 1.38. The summed E-state index contributed by atoms with van der Waals surface area (Å²) < 4.78 is 0. The Morgan fingerprint density at radius 1 is 1.59 bits per heavy atom. The predicted octanol–water partition coefficient (Wildman–Crippen LogP) is 1.51. The van der Waals surface area contributed by atoms with Crippen LogP contribution in [-0.2, 0) is 4.79 Å². The van der Waals surface area contributed by atoms with Crippen LogP contribution in [0.2, 0.25) is 0 Å². The lowest BCUT2D eigenvalue weighted by Gasteiger charge is -2.04. The van der Waals surface area contributed by atoms with E-state index in [9.17, 15) is 4.79 Å². The summed E-state index contributed by atoms with van der Waals surface area (Å²) in [4.78, 5) is 12.4. The average Bonchev–Trinajstić information content (AvgIpc) is 3.10. The zero-order chi connectivity index (χ0) is 12.3. The first-order chi connectivity index (χ1) is 8.19. The van der Waals surface area contributed by atoms with Gasteiger partial charge in [-0.1, -0.05) is 0 Å². The summed E-state index contributed by atoms with van der Waals surface area (Å²) in [5, 5.41) is 11.7. The van der Waals surface area contributed by atoms with Gasteiger partial charge in [0.05, 0.1) is 17.0 Å². The van der Waals surface area contributed by atoms with E-state index in [1.54, 1.807) is 12.1 Å². The molecule has 0 unspecified atom stereocenters. The summed E-state index contributed by atoms with van der Waals surface area (Å²) in [6.07, 6.45) is 2.19. The summed E-state index contributed by atoms with van der Waals surface area (Å²) >= 11 is 1.43. The molecule has 0 aromatic heterocycles.